The van der Waals surface area contributed by atoms with Crippen molar-refractivity contribution >= 4 is 29.2 Å². The molecule has 0 bridgehead atoms. The van der Waals surface area contributed by atoms with E-state index in [1.165, 1.54) is 19.4 Å². The Hall–Kier alpha value is -5.00. The number of para-hydroxylation sites is 2. The number of methoxy groups -OCH3 is 1. The van der Waals surface area contributed by atoms with Gasteiger partial charge in [0, 0.05) is 6.07 Å². The summed E-state index contributed by atoms with van der Waals surface area (Å²) in [6, 6.07) is 16.6. The molecule has 0 atom stereocenters. The van der Waals surface area contributed by atoms with Crippen molar-refractivity contribution in [1.82, 2.24) is 5.43 Å². The van der Waals surface area contributed by atoms with Crippen molar-refractivity contribution in [2.75, 3.05) is 19.0 Å². The molecule has 3 rings (SSSR count). The maximum atomic E-state index is 12.0. The third-order valence-electron chi connectivity index (χ3n) is 4.39. The molecule has 0 heterocycles. The van der Waals surface area contributed by atoms with E-state index >= 15 is 0 Å². The van der Waals surface area contributed by atoms with E-state index in [1.54, 1.807) is 36.4 Å². The molecule has 0 spiro atoms. The molecule has 174 valence electrons. The van der Waals surface area contributed by atoms with Crippen LogP contribution in [0.25, 0.3) is 0 Å². The summed E-state index contributed by atoms with van der Waals surface area (Å²) in [4.78, 5) is 32.7. The number of benzene rings is 3. The molecular formula is C22H19N5O7. The van der Waals surface area contributed by atoms with E-state index in [0.717, 1.165) is 18.2 Å². The fourth-order valence-electron chi connectivity index (χ4n) is 2.82. The van der Waals surface area contributed by atoms with Crippen LogP contribution >= 0.6 is 0 Å². The van der Waals surface area contributed by atoms with Crippen LogP contribution < -0.4 is 20.2 Å². The minimum absolute atomic E-state index is 0.0370. The Balaban J connectivity index is 1.62. The first-order chi connectivity index (χ1) is 16.4. The summed E-state index contributed by atoms with van der Waals surface area (Å²) in [5, 5.41) is 29.0. The molecule has 0 saturated heterocycles. The Kier molecular flexibility index (Phi) is 7.68. The second-order valence-corrected chi connectivity index (χ2v) is 6.69. The number of nitrogens with one attached hydrogen (secondary N) is 2. The van der Waals surface area contributed by atoms with Crippen molar-refractivity contribution in [1.29, 1.82) is 0 Å². The molecule has 0 fully saturated rings. The van der Waals surface area contributed by atoms with Crippen LogP contribution in [0.2, 0.25) is 0 Å². The van der Waals surface area contributed by atoms with Crippen LogP contribution in [0.4, 0.5) is 17.1 Å². The number of non-ortho nitro benzene ring substituents is 1. The zero-order valence-corrected chi connectivity index (χ0v) is 17.8. The molecule has 0 aliphatic heterocycles. The summed E-state index contributed by atoms with van der Waals surface area (Å²) >= 11 is 0. The van der Waals surface area contributed by atoms with Gasteiger partial charge in [-0.15, -0.1) is 0 Å². The lowest BCUT2D eigenvalue weighted by Gasteiger charge is -2.09. The Morgan fingerprint density at radius 3 is 2.53 bits per heavy atom. The lowest BCUT2D eigenvalue weighted by molar-refractivity contribution is -0.394. The number of ether oxygens (including phenoxy) is 2. The van der Waals surface area contributed by atoms with Crippen LogP contribution in [0.5, 0.6) is 17.2 Å². The van der Waals surface area contributed by atoms with Crippen LogP contribution in [0.15, 0.2) is 71.8 Å². The van der Waals surface area contributed by atoms with Crippen molar-refractivity contribution in [2.45, 2.75) is 0 Å². The Labute approximate surface area is 193 Å². The van der Waals surface area contributed by atoms with Gasteiger partial charge in [0.15, 0.2) is 0 Å². The van der Waals surface area contributed by atoms with E-state index < -0.39 is 27.1 Å². The highest BCUT2D eigenvalue weighted by molar-refractivity contribution is 5.84. The minimum atomic E-state index is -0.762. The van der Waals surface area contributed by atoms with E-state index in [-0.39, 0.29) is 18.0 Å². The van der Waals surface area contributed by atoms with E-state index in [0.29, 0.717) is 17.0 Å². The number of nitro benzene ring substituents is 2. The number of anilines is 1. The molecule has 12 nitrogen and oxygen atoms in total. The molecule has 1 amide bonds. The summed E-state index contributed by atoms with van der Waals surface area (Å²) in [6.45, 7) is -0.0370. The first-order valence-corrected chi connectivity index (χ1v) is 9.77. The minimum Gasteiger partial charge on any atom is -0.495 e. The second kappa shape index (κ2) is 11.0. The summed E-state index contributed by atoms with van der Waals surface area (Å²) < 4.78 is 10.8. The van der Waals surface area contributed by atoms with Crippen molar-refractivity contribution in [2.24, 2.45) is 5.10 Å². The number of nitrogens with zero attached hydrogens (tertiary/aromatic N) is 3. The van der Waals surface area contributed by atoms with Gasteiger partial charge < -0.3 is 14.8 Å². The molecule has 2 N–H and O–H groups in total. The Morgan fingerprint density at radius 1 is 1.00 bits per heavy atom. The van der Waals surface area contributed by atoms with Crippen LogP contribution in [-0.4, -0.2) is 35.6 Å². The highest BCUT2D eigenvalue weighted by Crippen LogP contribution is 2.34. The van der Waals surface area contributed by atoms with Gasteiger partial charge in [0.1, 0.15) is 11.5 Å². The van der Waals surface area contributed by atoms with Crippen molar-refractivity contribution in [3.05, 3.63) is 92.5 Å². The second-order valence-electron chi connectivity index (χ2n) is 6.69. The number of carbonyl (C=O) groups excluding carboxylic acids is 1. The van der Waals surface area contributed by atoms with Crippen LogP contribution in [0.3, 0.4) is 0 Å². The maximum Gasteiger partial charge on any atom is 0.318 e. The molecule has 12 heteroatoms. The summed E-state index contributed by atoms with van der Waals surface area (Å²) in [5.41, 5.74) is 2.63. The smallest absolute Gasteiger partial charge is 0.318 e. The highest BCUT2D eigenvalue weighted by atomic mass is 16.6. The SMILES string of the molecule is COc1ccccc1NCC(=O)NN=Cc1cccc(Oc2ccc([N+](=O)[O-])cc2[N+](=O)[O-])c1. The third kappa shape index (κ3) is 6.26. The van der Waals surface area contributed by atoms with Crippen LogP contribution in [0, 0.1) is 20.2 Å². The summed E-state index contributed by atoms with van der Waals surface area (Å²) in [5.74, 6) is 0.297. The molecular weight excluding hydrogens is 446 g/mol. The third-order valence-corrected chi connectivity index (χ3v) is 4.39. The normalized spacial score (nSPS) is 10.5. The van der Waals surface area contributed by atoms with Gasteiger partial charge in [0.25, 0.3) is 11.6 Å². The van der Waals surface area contributed by atoms with Crippen molar-refractivity contribution < 1.29 is 24.1 Å². The predicted molar refractivity (Wildman–Crippen MR) is 123 cm³/mol. The zero-order valence-electron chi connectivity index (χ0n) is 17.8. The summed E-state index contributed by atoms with van der Waals surface area (Å²) in [7, 11) is 1.53. The van der Waals surface area contributed by atoms with E-state index in [2.05, 4.69) is 15.8 Å². The Bertz CT molecular complexity index is 1250. The molecule has 34 heavy (non-hydrogen) atoms. The van der Waals surface area contributed by atoms with Gasteiger partial charge in [-0.2, -0.15) is 5.10 Å². The number of hydrogen-bond acceptors (Lipinski definition) is 9. The first kappa shape index (κ1) is 23.7. The van der Waals surface area contributed by atoms with Gasteiger partial charge in [0.2, 0.25) is 5.75 Å². The lowest BCUT2D eigenvalue weighted by Crippen LogP contribution is -2.26. The van der Waals surface area contributed by atoms with Gasteiger partial charge in [-0.05, 0) is 35.9 Å². The van der Waals surface area contributed by atoms with Gasteiger partial charge in [-0.25, -0.2) is 5.43 Å². The Morgan fingerprint density at radius 2 is 1.79 bits per heavy atom. The molecule has 3 aromatic carbocycles. The quantitative estimate of drug-likeness (QED) is 0.259. The number of amides is 1. The average molecular weight is 465 g/mol. The van der Waals surface area contributed by atoms with E-state index in [1.807, 2.05) is 6.07 Å². The predicted octanol–water partition coefficient (Wildman–Crippen LogP) is 3.87. The molecule has 0 aliphatic rings. The summed E-state index contributed by atoms with van der Waals surface area (Å²) in [6.07, 6.45) is 1.37. The number of hydrogen-bond donors (Lipinski definition) is 2. The number of hydrazone groups is 1. The van der Waals surface area contributed by atoms with Gasteiger partial charge >= 0.3 is 5.69 Å². The molecule has 0 saturated carbocycles. The standard InChI is InChI=1S/C22H19N5O7/c1-33-20-8-3-2-7-18(20)23-14-22(28)25-24-13-15-5-4-6-17(11-15)34-21-10-9-16(26(29)30)12-19(21)27(31)32/h2-13,23H,14H2,1H3,(H,25,28). The number of carbonyl (C=O) groups is 1. The fourth-order valence-corrected chi connectivity index (χ4v) is 2.82. The zero-order chi connectivity index (χ0) is 24.5. The highest BCUT2D eigenvalue weighted by Gasteiger charge is 2.21. The van der Waals surface area contributed by atoms with Crippen molar-refractivity contribution in [3.8, 4) is 17.2 Å². The average Bonchev–Trinajstić information content (AvgIpc) is 2.83. The monoisotopic (exact) mass is 465 g/mol. The molecule has 0 aromatic heterocycles. The number of nitro groups is 2. The van der Waals surface area contributed by atoms with Crippen molar-refractivity contribution in [3.63, 3.8) is 0 Å². The largest absolute Gasteiger partial charge is 0.495 e. The molecule has 3 aromatic rings. The lowest BCUT2D eigenvalue weighted by atomic mass is 10.2. The van der Waals surface area contributed by atoms with E-state index in [4.69, 9.17) is 9.47 Å². The van der Waals surface area contributed by atoms with Gasteiger partial charge in [-0.3, -0.25) is 25.0 Å². The molecule has 0 unspecified atom stereocenters. The van der Waals surface area contributed by atoms with Crippen LogP contribution in [-0.2, 0) is 4.79 Å². The van der Waals surface area contributed by atoms with E-state index in [9.17, 15) is 25.0 Å². The fraction of sp³-hybridized carbons (Fsp3) is 0.0909. The van der Waals surface area contributed by atoms with Crippen LogP contribution in [0.1, 0.15) is 5.56 Å². The van der Waals surface area contributed by atoms with Gasteiger partial charge in [-0.1, -0.05) is 24.3 Å². The maximum absolute atomic E-state index is 12.0. The molecule has 0 aliphatic carbocycles. The molecule has 0 radical (unpaired) electrons. The van der Waals surface area contributed by atoms with Gasteiger partial charge in [0.05, 0.1) is 41.5 Å². The first-order valence-electron chi connectivity index (χ1n) is 9.77. The number of rotatable bonds is 10. The topological polar surface area (TPSA) is 158 Å².